The Labute approximate surface area is 217 Å². The van der Waals surface area contributed by atoms with Gasteiger partial charge in [0.15, 0.2) is 5.16 Å². The highest BCUT2D eigenvalue weighted by Gasteiger charge is 2.36. The van der Waals surface area contributed by atoms with Crippen LogP contribution in [0, 0.1) is 0 Å². The zero-order valence-corrected chi connectivity index (χ0v) is 22.0. The van der Waals surface area contributed by atoms with Gasteiger partial charge in [-0.2, -0.15) is 0 Å². The van der Waals surface area contributed by atoms with E-state index < -0.39 is 0 Å². The molecule has 0 aliphatic carbocycles. The Morgan fingerprint density at radius 3 is 2.53 bits per heavy atom. The zero-order valence-electron chi connectivity index (χ0n) is 21.2. The van der Waals surface area contributed by atoms with E-state index in [-0.39, 0.29) is 11.5 Å². The van der Waals surface area contributed by atoms with Crippen LogP contribution in [0.4, 0.5) is 11.5 Å². The second-order valence-corrected chi connectivity index (χ2v) is 10.4. The number of fused-ring (bicyclic) bond motifs is 1. The number of piperidine rings is 1. The highest BCUT2D eigenvalue weighted by Crippen LogP contribution is 2.37. The maximum atomic E-state index is 13.5. The van der Waals surface area contributed by atoms with E-state index in [1.54, 1.807) is 6.20 Å². The third-order valence-corrected chi connectivity index (χ3v) is 7.82. The SMILES string of the molecule is CSc1ncc2c(n1)N(C)CCN(c1cccc(COC3(c4ccccc4)CCN(C)CC3)c1)C2=O. The average Bonchev–Trinajstić information content (AvgIpc) is 3.05. The molecule has 36 heavy (non-hydrogen) atoms. The number of aromatic nitrogens is 2. The van der Waals surface area contributed by atoms with E-state index in [1.165, 1.54) is 17.3 Å². The third-order valence-electron chi connectivity index (χ3n) is 7.26. The van der Waals surface area contributed by atoms with Crippen LogP contribution in [-0.4, -0.2) is 67.3 Å². The minimum atomic E-state index is -0.295. The van der Waals surface area contributed by atoms with Gasteiger partial charge in [0, 0.05) is 45.1 Å². The molecule has 1 amide bonds. The number of anilines is 2. The van der Waals surface area contributed by atoms with Crippen LogP contribution in [0.15, 0.2) is 66.0 Å². The molecule has 1 fully saturated rings. The summed E-state index contributed by atoms with van der Waals surface area (Å²) >= 11 is 1.48. The monoisotopic (exact) mass is 503 g/mol. The van der Waals surface area contributed by atoms with Crippen molar-refractivity contribution in [3.05, 3.63) is 77.5 Å². The number of rotatable bonds is 6. The molecular weight excluding hydrogens is 470 g/mol. The van der Waals surface area contributed by atoms with E-state index in [1.807, 2.05) is 35.2 Å². The van der Waals surface area contributed by atoms with Crippen molar-refractivity contribution in [1.29, 1.82) is 0 Å². The van der Waals surface area contributed by atoms with Gasteiger partial charge in [0.05, 0.1) is 12.2 Å². The van der Waals surface area contributed by atoms with E-state index in [2.05, 4.69) is 64.4 Å². The first-order valence-electron chi connectivity index (χ1n) is 12.4. The molecule has 5 rings (SSSR count). The van der Waals surface area contributed by atoms with E-state index in [0.29, 0.717) is 36.2 Å². The number of thioether (sulfide) groups is 1. The van der Waals surface area contributed by atoms with Crippen molar-refractivity contribution in [3.8, 4) is 0 Å². The van der Waals surface area contributed by atoms with Crippen molar-refractivity contribution in [2.45, 2.75) is 30.2 Å². The molecule has 1 saturated heterocycles. The summed E-state index contributed by atoms with van der Waals surface area (Å²) in [5.74, 6) is 0.615. The van der Waals surface area contributed by atoms with Crippen molar-refractivity contribution in [2.75, 3.05) is 56.3 Å². The van der Waals surface area contributed by atoms with Crippen molar-refractivity contribution >= 4 is 29.2 Å². The molecule has 0 spiro atoms. The van der Waals surface area contributed by atoms with E-state index in [9.17, 15) is 4.79 Å². The Morgan fingerprint density at radius 1 is 1.00 bits per heavy atom. The van der Waals surface area contributed by atoms with E-state index in [4.69, 9.17) is 4.74 Å². The first-order chi connectivity index (χ1) is 17.5. The molecule has 2 aliphatic heterocycles. The predicted octanol–water partition coefficient (Wildman–Crippen LogP) is 4.43. The molecule has 0 unspecified atom stereocenters. The minimum Gasteiger partial charge on any atom is -0.366 e. The molecule has 0 atom stereocenters. The van der Waals surface area contributed by atoms with Crippen molar-refractivity contribution in [1.82, 2.24) is 14.9 Å². The summed E-state index contributed by atoms with van der Waals surface area (Å²) in [6, 6.07) is 18.7. The van der Waals surface area contributed by atoms with Crippen LogP contribution in [0.2, 0.25) is 0 Å². The lowest BCUT2D eigenvalue weighted by atomic mass is 9.84. The van der Waals surface area contributed by atoms with Gasteiger partial charge >= 0.3 is 0 Å². The summed E-state index contributed by atoms with van der Waals surface area (Å²) in [4.78, 5) is 28.7. The molecule has 1 aromatic heterocycles. The molecule has 2 aliphatic rings. The largest absolute Gasteiger partial charge is 0.366 e. The molecule has 3 heterocycles. The predicted molar refractivity (Wildman–Crippen MR) is 145 cm³/mol. The molecule has 7 nitrogen and oxygen atoms in total. The molecule has 0 radical (unpaired) electrons. The van der Waals surface area contributed by atoms with Crippen LogP contribution in [0.25, 0.3) is 0 Å². The summed E-state index contributed by atoms with van der Waals surface area (Å²) in [6.07, 6.45) is 5.51. The number of likely N-dealkylation sites (N-methyl/N-ethyl adjacent to an activating group) is 1. The van der Waals surface area contributed by atoms with Gasteiger partial charge in [0.1, 0.15) is 11.4 Å². The molecule has 3 aromatic rings. The summed E-state index contributed by atoms with van der Waals surface area (Å²) in [5.41, 5.74) is 3.40. The van der Waals surface area contributed by atoms with Gasteiger partial charge in [-0.3, -0.25) is 4.79 Å². The maximum absolute atomic E-state index is 13.5. The fourth-order valence-electron chi connectivity index (χ4n) is 5.02. The molecule has 8 heteroatoms. The number of ether oxygens (including phenoxy) is 1. The van der Waals surface area contributed by atoms with E-state index in [0.717, 1.165) is 37.2 Å². The summed E-state index contributed by atoms with van der Waals surface area (Å²) < 4.78 is 6.72. The van der Waals surface area contributed by atoms with Crippen LogP contribution in [0.3, 0.4) is 0 Å². The van der Waals surface area contributed by atoms with Gasteiger partial charge in [0.2, 0.25) is 0 Å². The number of hydrogen-bond acceptors (Lipinski definition) is 7. The second kappa shape index (κ2) is 10.6. The van der Waals surface area contributed by atoms with Crippen LogP contribution >= 0.6 is 11.8 Å². The minimum absolute atomic E-state index is 0.0730. The van der Waals surface area contributed by atoms with Gasteiger partial charge in [-0.25, -0.2) is 9.97 Å². The molecule has 0 N–H and O–H groups in total. The Balaban J connectivity index is 1.38. The number of nitrogens with zero attached hydrogens (tertiary/aromatic N) is 5. The Kier molecular flexibility index (Phi) is 7.27. The van der Waals surface area contributed by atoms with Gasteiger partial charge < -0.3 is 19.4 Å². The van der Waals surface area contributed by atoms with Gasteiger partial charge in [-0.1, -0.05) is 54.2 Å². The van der Waals surface area contributed by atoms with Crippen molar-refractivity contribution in [2.24, 2.45) is 0 Å². The van der Waals surface area contributed by atoms with Crippen molar-refractivity contribution < 1.29 is 9.53 Å². The number of carbonyl (C=O) groups is 1. The smallest absolute Gasteiger partial charge is 0.263 e. The first-order valence-corrected chi connectivity index (χ1v) is 13.6. The summed E-state index contributed by atoms with van der Waals surface area (Å²) in [6.45, 7) is 3.76. The van der Waals surface area contributed by atoms with Gasteiger partial charge in [-0.05, 0) is 49.4 Å². The normalized spacial score (nSPS) is 18.1. The van der Waals surface area contributed by atoms with Crippen LogP contribution in [-0.2, 0) is 16.9 Å². The number of amides is 1. The third kappa shape index (κ3) is 4.98. The number of benzene rings is 2. The lowest BCUT2D eigenvalue weighted by Crippen LogP contribution is -2.42. The van der Waals surface area contributed by atoms with Crippen LogP contribution < -0.4 is 9.80 Å². The molecular formula is C28H33N5O2S. The summed E-state index contributed by atoms with van der Waals surface area (Å²) in [7, 11) is 4.14. The second-order valence-electron chi connectivity index (χ2n) is 9.59. The van der Waals surface area contributed by atoms with Gasteiger partial charge in [0.25, 0.3) is 5.91 Å². The Bertz CT molecular complexity index is 1210. The fourth-order valence-corrected chi connectivity index (χ4v) is 5.36. The molecule has 0 saturated carbocycles. The highest BCUT2D eigenvalue weighted by molar-refractivity contribution is 7.98. The molecule has 2 aromatic carbocycles. The number of hydrogen-bond donors (Lipinski definition) is 0. The lowest BCUT2D eigenvalue weighted by Gasteiger charge is -2.41. The first kappa shape index (κ1) is 24.7. The van der Waals surface area contributed by atoms with Crippen LogP contribution in [0.5, 0.6) is 0 Å². The number of likely N-dealkylation sites (tertiary alicyclic amines) is 1. The van der Waals surface area contributed by atoms with E-state index >= 15 is 0 Å². The topological polar surface area (TPSA) is 61.8 Å². The lowest BCUT2D eigenvalue weighted by molar-refractivity contribution is -0.0966. The van der Waals surface area contributed by atoms with Crippen LogP contribution in [0.1, 0.15) is 34.3 Å². The quantitative estimate of drug-likeness (QED) is 0.364. The number of carbonyl (C=O) groups excluding carboxylic acids is 1. The van der Waals surface area contributed by atoms with Crippen molar-refractivity contribution in [3.63, 3.8) is 0 Å². The average molecular weight is 504 g/mol. The standard InChI is InChI=1S/C28H33N5O2S/c1-31-14-12-28(13-15-31,22-9-5-4-6-10-22)35-20-21-8-7-11-23(18-21)33-17-16-32(2)25-24(26(33)34)19-29-27(30-25)36-3/h4-11,18-19H,12-17,20H2,1-3H3. The highest BCUT2D eigenvalue weighted by atomic mass is 32.2. The molecule has 188 valence electrons. The molecule has 0 bridgehead atoms. The van der Waals surface area contributed by atoms with Gasteiger partial charge in [-0.15, -0.1) is 0 Å². The Hall–Kier alpha value is -2.94. The fraction of sp³-hybridized carbons (Fsp3) is 0.393. The zero-order chi connectivity index (χ0) is 25.1. The Morgan fingerprint density at radius 2 is 1.78 bits per heavy atom. The summed E-state index contributed by atoms with van der Waals surface area (Å²) in [5, 5.41) is 0.669. The maximum Gasteiger partial charge on any atom is 0.263 e.